The molecule has 8 nitrogen and oxygen atoms in total. The highest BCUT2D eigenvalue weighted by Crippen LogP contribution is 2.43. The van der Waals surface area contributed by atoms with Crippen LogP contribution in [0.3, 0.4) is 0 Å². The average molecular weight is 684 g/mol. The molecule has 258 valence electrons. The first kappa shape index (κ1) is 33.2. The van der Waals surface area contributed by atoms with E-state index in [1.54, 1.807) is 0 Å². The van der Waals surface area contributed by atoms with Crippen molar-refractivity contribution in [2.45, 2.75) is 51.2 Å². The highest BCUT2D eigenvalue weighted by atomic mass is 16.1. The normalized spacial score (nSPS) is 12.8. The number of nitrogens with one attached hydrogen (secondary N) is 1. The predicted octanol–water partition coefficient (Wildman–Crippen LogP) is 7.44. The number of hydrogen-bond donors (Lipinski definition) is 1. The molecular formula is C44H41N7O. The topological polar surface area (TPSA) is 90.5 Å². The molecule has 0 atom stereocenters. The molecule has 1 aliphatic heterocycles. The van der Waals surface area contributed by atoms with Crippen molar-refractivity contribution in [1.82, 2.24) is 35.1 Å². The molecule has 0 aliphatic carbocycles. The molecule has 52 heavy (non-hydrogen) atoms. The van der Waals surface area contributed by atoms with Gasteiger partial charge in [-0.3, -0.25) is 9.36 Å². The Morgan fingerprint density at radius 3 is 1.94 bits per heavy atom. The van der Waals surface area contributed by atoms with E-state index in [-0.39, 0.29) is 5.56 Å². The third-order valence-corrected chi connectivity index (χ3v) is 10.2. The second-order valence-electron chi connectivity index (χ2n) is 13.3. The summed E-state index contributed by atoms with van der Waals surface area (Å²) in [6.07, 6.45) is 3.64. The van der Waals surface area contributed by atoms with Crippen LogP contribution in [0.2, 0.25) is 0 Å². The minimum Gasteiger partial charge on any atom is -0.312 e. The molecule has 0 spiro atoms. The summed E-state index contributed by atoms with van der Waals surface area (Å²) >= 11 is 0. The Morgan fingerprint density at radius 1 is 0.731 bits per heavy atom. The summed E-state index contributed by atoms with van der Waals surface area (Å²) in [6, 6.07) is 48.1. The predicted molar refractivity (Wildman–Crippen MR) is 205 cm³/mol. The minimum atomic E-state index is -0.860. The lowest BCUT2D eigenvalue weighted by Crippen LogP contribution is -2.39. The fraction of sp³-hybridized carbons (Fsp3) is 0.205. The third-order valence-electron chi connectivity index (χ3n) is 10.2. The Kier molecular flexibility index (Phi) is 9.38. The molecule has 0 unspecified atom stereocenters. The van der Waals surface area contributed by atoms with E-state index in [1.807, 2.05) is 39.6 Å². The zero-order valence-electron chi connectivity index (χ0n) is 29.3. The highest BCUT2D eigenvalue weighted by Gasteiger charge is 2.42. The van der Waals surface area contributed by atoms with E-state index in [0.717, 1.165) is 88.3 Å². The summed E-state index contributed by atoms with van der Waals surface area (Å²) < 4.78 is 3.86. The SMILES string of the molecule is CCCCc1nc2c(c(=O)n1Cc1ccc(-c3ccccc3-c3nnnn3C(c3ccccc3)(c3ccccc3)c3ccccc3)cc1)CNCC2. The maximum absolute atomic E-state index is 13.7. The molecule has 8 rings (SSSR count). The van der Waals surface area contributed by atoms with Crippen molar-refractivity contribution in [2.24, 2.45) is 0 Å². The standard InChI is InChI=1S/C44H41N7O/c1-2-3-23-41-46-40-28-29-45-30-39(40)43(52)50(41)31-32-24-26-33(27-25-32)37-21-13-14-22-38(37)42-47-48-49-51(42)44(34-15-7-4-8-16-34,35-17-9-5-10-18-35)36-19-11-6-12-20-36/h4-22,24-27,45H,2-3,23,28-31H2,1H3. The first-order chi connectivity index (χ1) is 25.7. The summed E-state index contributed by atoms with van der Waals surface area (Å²) in [4.78, 5) is 18.8. The molecule has 0 saturated heterocycles. The molecule has 0 radical (unpaired) electrons. The van der Waals surface area contributed by atoms with Crippen molar-refractivity contribution < 1.29 is 0 Å². The lowest BCUT2D eigenvalue weighted by molar-refractivity contribution is 0.451. The van der Waals surface area contributed by atoms with Gasteiger partial charge in [0, 0.05) is 31.5 Å². The first-order valence-corrected chi connectivity index (χ1v) is 18.1. The van der Waals surface area contributed by atoms with Crippen LogP contribution in [0.4, 0.5) is 0 Å². The molecule has 3 heterocycles. The molecule has 0 fully saturated rings. The van der Waals surface area contributed by atoms with Gasteiger partial charge in [0.1, 0.15) is 11.4 Å². The van der Waals surface area contributed by atoms with Crippen LogP contribution in [0.25, 0.3) is 22.5 Å². The first-order valence-electron chi connectivity index (χ1n) is 18.1. The molecule has 0 saturated carbocycles. The molecule has 2 aromatic heterocycles. The van der Waals surface area contributed by atoms with E-state index >= 15 is 0 Å². The largest absolute Gasteiger partial charge is 0.312 e. The Hall–Kier alpha value is -5.99. The van der Waals surface area contributed by atoms with Gasteiger partial charge in [-0.1, -0.05) is 153 Å². The van der Waals surface area contributed by atoms with Crippen molar-refractivity contribution in [3.8, 4) is 22.5 Å². The molecule has 0 bridgehead atoms. The summed E-state index contributed by atoms with van der Waals surface area (Å²) in [6.45, 7) is 4.08. The summed E-state index contributed by atoms with van der Waals surface area (Å²) in [5.74, 6) is 1.53. The van der Waals surface area contributed by atoms with Crippen LogP contribution in [0.1, 0.15) is 59.1 Å². The zero-order chi connectivity index (χ0) is 35.3. The lowest BCUT2D eigenvalue weighted by atomic mass is 9.77. The van der Waals surface area contributed by atoms with Crippen molar-refractivity contribution in [3.05, 3.63) is 189 Å². The zero-order valence-corrected chi connectivity index (χ0v) is 29.3. The van der Waals surface area contributed by atoms with Gasteiger partial charge in [-0.05, 0) is 50.2 Å². The van der Waals surface area contributed by atoms with E-state index in [4.69, 9.17) is 15.3 Å². The maximum Gasteiger partial charge on any atom is 0.258 e. The van der Waals surface area contributed by atoms with Crippen LogP contribution < -0.4 is 10.9 Å². The van der Waals surface area contributed by atoms with E-state index in [9.17, 15) is 4.79 Å². The van der Waals surface area contributed by atoms with Crippen molar-refractivity contribution in [3.63, 3.8) is 0 Å². The minimum absolute atomic E-state index is 0.0725. The molecule has 8 heteroatoms. The summed E-state index contributed by atoms with van der Waals surface area (Å²) in [7, 11) is 0. The van der Waals surface area contributed by atoms with Crippen molar-refractivity contribution in [1.29, 1.82) is 0 Å². The van der Waals surface area contributed by atoms with E-state index in [2.05, 4.69) is 127 Å². The van der Waals surface area contributed by atoms with Gasteiger partial charge in [0.05, 0.1) is 17.8 Å². The van der Waals surface area contributed by atoms with Crippen LogP contribution in [-0.4, -0.2) is 36.3 Å². The van der Waals surface area contributed by atoms with Crippen LogP contribution in [0.15, 0.2) is 144 Å². The number of aryl methyl sites for hydroxylation is 1. The quantitative estimate of drug-likeness (QED) is 0.143. The second kappa shape index (κ2) is 14.7. The Morgan fingerprint density at radius 2 is 1.33 bits per heavy atom. The van der Waals surface area contributed by atoms with Crippen LogP contribution in [0, 0.1) is 0 Å². The number of unbranched alkanes of at least 4 members (excludes halogenated alkanes) is 1. The molecular weight excluding hydrogens is 643 g/mol. The molecule has 1 N–H and O–H groups in total. The van der Waals surface area contributed by atoms with Gasteiger partial charge in [-0.15, -0.1) is 5.10 Å². The lowest BCUT2D eigenvalue weighted by Gasteiger charge is -2.36. The molecule has 7 aromatic rings. The number of benzene rings is 5. The van der Waals surface area contributed by atoms with Crippen LogP contribution in [0.5, 0.6) is 0 Å². The fourth-order valence-corrected chi connectivity index (χ4v) is 7.57. The van der Waals surface area contributed by atoms with Gasteiger partial charge in [0.15, 0.2) is 5.82 Å². The molecule has 5 aromatic carbocycles. The maximum atomic E-state index is 13.7. The van der Waals surface area contributed by atoms with Crippen molar-refractivity contribution >= 4 is 0 Å². The van der Waals surface area contributed by atoms with Gasteiger partial charge in [-0.25, -0.2) is 9.67 Å². The van der Waals surface area contributed by atoms with Gasteiger partial charge >= 0.3 is 0 Å². The van der Waals surface area contributed by atoms with Gasteiger partial charge in [0.2, 0.25) is 0 Å². The Bertz CT molecular complexity index is 2240. The number of rotatable bonds is 11. The summed E-state index contributed by atoms with van der Waals surface area (Å²) in [5, 5.41) is 17.2. The van der Waals surface area contributed by atoms with E-state index in [0.29, 0.717) is 18.9 Å². The molecule has 1 aliphatic rings. The van der Waals surface area contributed by atoms with Gasteiger partial charge in [-0.2, -0.15) is 0 Å². The van der Waals surface area contributed by atoms with E-state index in [1.165, 1.54) is 0 Å². The average Bonchev–Trinajstić information content (AvgIpc) is 3.70. The highest BCUT2D eigenvalue weighted by molar-refractivity contribution is 5.81. The van der Waals surface area contributed by atoms with Crippen LogP contribution in [-0.2, 0) is 31.5 Å². The van der Waals surface area contributed by atoms with Crippen molar-refractivity contribution in [2.75, 3.05) is 6.54 Å². The number of aromatic nitrogens is 6. The molecule has 0 amide bonds. The number of nitrogens with zero attached hydrogens (tertiary/aromatic N) is 6. The Labute approximate surface area is 303 Å². The second-order valence-corrected chi connectivity index (χ2v) is 13.3. The number of tetrazole rings is 1. The Balaban J connectivity index is 1.22. The van der Waals surface area contributed by atoms with Gasteiger partial charge < -0.3 is 5.32 Å². The summed E-state index contributed by atoms with van der Waals surface area (Å²) in [5.41, 5.74) is 8.11. The van der Waals surface area contributed by atoms with Crippen LogP contribution >= 0.6 is 0 Å². The van der Waals surface area contributed by atoms with E-state index < -0.39 is 5.54 Å². The monoisotopic (exact) mass is 683 g/mol. The van der Waals surface area contributed by atoms with Gasteiger partial charge in [0.25, 0.3) is 5.56 Å². The third kappa shape index (κ3) is 6.05. The number of fused-ring (bicyclic) bond motifs is 1. The fourth-order valence-electron chi connectivity index (χ4n) is 7.57. The number of hydrogen-bond acceptors (Lipinski definition) is 6. The smallest absolute Gasteiger partial charge is 0.258 e.